The second-order valence-electron chi connectivity index (χ2n) is 32.3. The average molecular weight is 1520 g/mol. The first-order valence-corrected chi connectivity index (χ1v) is 37.3. The van der Waals surface area contributed by atoms with E-state index in [0.717, 1.165) is 0 Å². The third kappa shape index (κ3) is 31.4. The van der Waals surface area contributed by atoms with Gasteiger partial charge in [-0.25, -0.2) is 19.2 Å². The minimum absolute atomic E-state index is 0.00423. The van der Waals surface area contributed by atoms with E-state index >= 15 is 19.2 Å². The van der Waals surface area contributed by atoms with E-state index < -0.39 is 192 Å². The van der Waals surface area contributed by atoms with E-state index in [-0.39, 0.29) is 76.3 Å². The molecule has 0 saturated carbocycles. The summed E-state index contributed by atoms with van der Waals surface area (Å²) in [6, 6.07) is 6.64. The summed E-state index contributed by atoms with van der Waals surface area (Å²) in [5.41, 5.74) is -2.30. The van der Waals surface area contributed by atoms with Crippen molar-refractivity contribution in [2.24, 2.45) is 11.8 Å². The third-order valence-corrected chi connectivity index (χ3v) is 17.1. The van der Waals surface area contributed by atoms with Gasteiger partial charge < -0.3 is 102 Å². The predicted molar refractivity (Wildman–Crippen MR) is 398 cm³/mol. The minimum atomic E-state index is -1.64. The molecule has 14 atom stereocenters. The number of methoxy groups -OCH3 is 2. The highest BCUT2D eigenvalue weighted by Crippen LogP contribution is 2.28. The molecular weight excluding hydrogens is 1400 g/mol. The van der Waals surface area contributed by atoms with E-state index in [0.29, 0.717) is 24.0 Å². The first kappa shape index (κ1) is 89.7. The summed E-state index contributed by atoms with van der Waals surface area (Å²) in [4.78, 5) is 172. The molecule has 0 spiro atoms. The Kier molecular flexibility index (Phi) is 34.6. The number of benzene rings is 2. The fraction of sp³-hybridized carbons (Fsp3) is 0.684. The number of hydrogen-bond acceptors (Lipinski definition) is 20. The fourth-order valence-corrected chi connectivity index (χ4v) is 12.3. The van der Waals surface area contributed by atoms with Crippen molar-refractivity contribution in [1.29, 1.82) is 0 Å². The number of amides is 12. The Labute approximate surface area is 634 Å². The number of unbranched alkanes of at least 4 members (excludes halogenated alkanes) is 2. The van der Waals surface area contributed by atoms with Gasteiger partial charge in [-0.1, -0.05) is 88.4 Å². The SMILES string of the molecule is CO[C@@H]1[C@H](NC(=O)[C@H](CCCCNC(=O)OC(C)(C)C)NC(=O)OC(C)(C)C)[C@H]2CNC(=O)[C@H](CC(C)C)NC(=O)[C@H](Cc3ccccc3)NC(=O)[C@H]3O[C@H](CNC(=O)[C@H](CC(C)C)NC(=O)[C@H](Cc4ccccc4)NC(=O)[C@H]1O2)[C@@H](NC(=O)[C@@H](CCCCNC(=O)OC(C)(C)C)NC(=O)OC(C)(C)C)[C@H]3OC. The van der Waals surface area contributed by atoms with E-state index in [1.54, 1.807) is 144 Å². The second-order valence-corrected chi connectivity index (χ2v) is 32.3. The Morgan fingerprint density at radius 1 is 0.435 bits per heavy atom. The molecule has 3 fully saturated rings. The highest BCUT2D eigenvalue weighted by molar-refractivity contribution is 5.95. The molecule has 604 valence electrons. The molecule has 0 radical (unpaired) electrons. The number of nitrogens with one attached hydrogen (secondary N) is 12. The first-order valence-electron chi connectivity index (χ1n) is 37.3. The Morgan fingerprint density at radius 2 is 0.750 bits per heavy atom. The molecule has 12 N–H and O–H groups in total. The summed E-state index contributed by atoms with van der Waals surface area (Å²) in [5.74, 6) is -6.99. The number of alkyl carbamates (subject to hydrolysis) is 4. The average Bonchev–Trinajstić information content (AvgIpc) is 1.65. The molecular formula is C76H120N12O20. The smallest absolute Gasteiger partial charge is 0.408 e. The van der Waals surface area contributed by atoms with Gasteiger partial charge in [0.05, 0.1) is 24.3 Å². The first-order chi connectivity index (χ1) is 50.5. The lowest BCUT2D eigenvalue weighted by molar-refractivity contribution is -0.141. The zero-order valence-electron chi connectivity index (χ0n) is 66.1. The van der Waals surface area contributed by atoms with Gasteiger partial charge in [-0.3, -0.25) is 38.4 Å². The molecule has 0 unspecified atom stereocenters. The van der Waals surface area contributed by atoms with Crippen molar-refractivity contribution in [2.75, 3.05) is 40.4 Å². The standard InChI is InChI=1S/C76H120N12O20/c1-43(2)37-49-61(89)79-41-53-55(87-63(91)47(85-71(99)107-75(11,12)13)33-25-27-35-77-69(97)105-73(5,6)7)57(101-17)60(103-53)68(96)84-52(40-46-31-23-20-24-32-46)66(94)82-50(38-44(3)4)62(90)80-42-54-56(58(102-18)59(104-54)67(95)83-51(65(93)81-49)39-45-29-21-19-22-30-45)88-64(92)48(86-72(100)108-76(14,15)16)34-26-28-36-78-70(98)106-74(8,9)10/h19-24,29-32,43-44,47-60H,25-28,33-42H2,1-18H3,(H,77,97)(H,78,98)(H,79,89)(H,80,90)(H,81,93)(H,82,94)(H,83,95)(H,84,96)(H,85,99)(H,86,100)(H,87,91)(H,88,92)/t47-,48+,49-,50-,51-,52-,53+,54+,55+,56+,57+,58+,59-,60-/m0/s1. The van der Waals surface area contributed by atoms with Crippen molar-refractivity contribution in [3.8, 4) is 0 Å². The molecule has 4 bridgehead atoms. The number of fused-ring (bicyclic) bond motifs is 4. The summed E-state index contributed by atoms with van der Waals surface area (Å²) < 4.78 is 47.0. The zero-order chi connectivity index (χ0) is 80.4. The topological polar surface area (TPSA) is 423 Å². The maximum Gasteiger partial charge on any atom is 0.408 e. The van der Waals surface area contributed by atoms with Crippen LogP contribution >= 0.6 is 0 Å². The minimum Gasteiger partial charge on any atom is -0.444 e. The fourth-order valence-electron chi connectivity index (χ4n) is 12.3. The van der Waals surface area contributed by atoms with Crippen LogP contribution < -0.4 is 63.8 Å². The molecule has 2 aromatic carbocycles. The summed E-state index contributed by atoms with van der Waals surface area (Å²) in [6.07, 6.45) is -10.8. The van der Waals surface area contributed by atoms with Gasteiger partial charge in [0.1, 0.15) is 70.9 Å². The van der Waals surface area contributed by atoms with E-state index in [4.69, 9.17) is 37.9 Å². The van der Waals surface area contributed by atoms with Crippen molar-refractivity contribution < 1.29 is 95.4 Å². The van der Waals surface area contributed by atoms with Crippen molar-refractivity contribution >= 4 is 71.6 Å². The highest BCUT2D eigenvalue weighted by Gasteiger charge is 2.52. The van der Waals surface area contributed by atoms with Gasteiger partial charge in [0, 0.05) is 53.2 Å². The lowest BCUT2D eigenvalue weighted by Crippen LogP contribution is -2.60. The van der Waals surface area contributed by atoms with E-state index in [9.17, 15) is 38.4 Å². The number of hydrogen-bond donors (Lipinski definition) is 12. The van der Waals surface area contributed by atoms with E-state index in [1.165, 1.54) is 14.2 Å². The molecule has 5 rings (SSSR count). The van der Waals surface area contributed by atoms with Gasteiger partial charge >= 0.3 is 24.4 Å². The molecule has 3 saturated heterocycles. The molecule has 0 aliphatic carbocycles. The zero-order valence-corrected chi connectivity index (χ0v) is 66.1. The molecule has 2 aromatic rings. The van der Waals surface area contributed by atoms with Crippen LogP contribution in [0.2, 0.25) is 0 Å². The lowest BCUT2D eigenvalue weighted by Gasteiger charge is -2.29. The van der Waals surface area contributed by atoms with Gasteiger partial charge in [0.15, 0.2) is 12.2 Å². The van der Waals surface area contributed by atoms with Crippen LogP contribution in [0.3, 0.4) is 0 Å². The van der Waals surface area contributed by atoms with Crippen LogP contribution in [0.1, 0.15) is 173 Å². The van der Waals surface area contributed by atoms with E-state index in [2.05, 4.69) is 63.8 Å². The summed E-state index contributed by atoms with van der Waals surface area (Å²) in [7, 11) is 2.54. The maximum atomic E-state index is 15.2. The van der Waals surface area contributed by atoms with Crippen molar-refractivity contribution in [2.45, 2.75) is 282 Å². The van der Waals surface area contributed by atoms with Gasteiger partial charge in [0.2, 0.25) is 35.4 Å². The predicted octanol–water partition coefficient (Wildman–Crippen LogP) is 4.46. The molecule has 3 aliphatic rings. The molecule has 32 heteroatoms. The maximum absolute atomic E-state index is 15.2. The molecule has 3 aliphatic heterocycles. The normalized spacial score (nSPS) is 24.1. The van der Waals surface area contributed by atoms with Gasteiger partial charge in [-0.05, 0) is 157 Å². The van der Waals surface area contributed by atoms with Crippen LogP contribution in [0.25, 0.3) is 0 Å². The van der Waals surface area contributed by atoms with Gasteiger partial charge in [0.25, 0.3) is 11.8 Å². The van der Waals surface area contributed by atoms with E-state index in [1.807, 2.05) is 27.7 Å². The number of carbonyl (C=O) groups is 12. The summed E-state index contributed by atoms with van der Waals surface area (Å²) in [5, 5.41) is 33.5. The van der Waals surface area contributed by atoms with Crippen molar-refractivity contribution in [3.05, 3.63) is 71.8 Å². The molecule has 32 nitrogen and oxygen atoms in total. The van der Waals surface area contributed by atoms with Crippen LogP contribution in [0.5, 0.6) is 0 Å². The summed E-state index contributed by atoms with van der Waals surface area (Å²) in [6.45, 7) is 26.9. The van der Waals surface area contributed by atoms with Crippen LogP contribution in [0.15, 0.2) is 60.7 Å². The molecule has 12 amide bonds. The number of rotatable bonds is 26. The second kappa shape index (κ2) is 41.6. The number of carbonyl (C=O) groups excluding carboxylic acids is 12. The molecule has 0 aromatic heterocycles. The summed E-state index contributed by atoms with van der Waals surface area (Å²) >= 11 is 0. The largest absolute Gasteiger partial charge is 0.444 e. The Morgan fingerprint density at radius 3 is 1.06 bits per heavy atom. The van der Waals surface area contributed by atoms with Crippen LogP contribution in [0.4, 0.5) is 19.2 Å². The van der Waals surface area contributed by atoms with Crippen molar-refractivity contribution in [1.82, 2.24) is 63.8 Å². The third-order valence-electron chi connectivity index (χ3n) is 17.1. The molecule has 108 heavy (non-hydrogen) atoms. The van der Waals surface area contributed by atoms with Crippen LogP contribution in [-0.2, 0) is 89.1 Å². The van der Waals surface area contributed by atoms with Crippen molar-refractivity contribution in [3.63, 3.8) is 0 Å². The Bertz CT molecular complexity index is 3100. The monoisotopic (exact) mass is 1520 g/mol. The highest BCUT2D eigenvalue weighted by atomic mass is 16.6. The van der Waals surface area contributed by atoms with Gasteiger partial charge in [-0.2, -0.15) is 0 Å². The van der Waals surface area contributed by atoms with Crippen LogP contribution in [-0.4, -0.2) is 219 Å². The quantitative estimate of drug-likeness (QED) is 0.0457. The number of ether oxygens (including phenoxy) is 8. The van der Waals surface area contributed by atoms with Crippen LogP contribution in [0, 0.1) is 11.8 Å². The van der Waals surface area contributed by atoms with Gasteiger partial charge in [-0.15, -0.1) is 0 Å². The molecule has 3 heterocycles. The lowest BCUT2D eigenvalue weighted by atomic mass is 9.99. The Balaban J connectivity index is 1.61. The Hall–Kier alpha value is -8.88.